The largest absolute Gasteiger partial charge is 0.512 e. The maximum atomic E-state index is 10.0. The van der Waals surface area contributed by atoms with Gasteiger partial charge in [0.25, 0.3) is 0 Å². The molecule has 0 unspecified atom stereocenters. The van der Waals surface area contributed by atoms with Gasteiger partial charge in [0.2, 0.25) is 0 Å². The number of benzene rings is 3. The van der Waals surface area contributed by atoms with Crippen LogP contribution >= 0.6 is 0 Å². The summed E-state index contributed by atoms with van der Waals surface area (Å²) in [5.41, 5.74) is 5.63. The molecule has 0 aliphatic rings. The molecule has 155 valence electrons. The molecule has 3 aromatic carbocycles. The molecule has 0 saturated heterocycles. The Labute approximate surface area is 190 Å². The van der Waals surface area contributed by atoms with E-state index < -0.39 is 0 Å². The second-order valence-corrected chi connectivity index (χ2v) is 7.18. The van der Waals surface area contributed by atoms with Gasteiger partial charge in [-0.3, -0.25) is 9.78 Å². The molecule has 0 saturated carbocycles. The number of allylic oxidation sites excluding steroid dienone is 2. The SMILES string of the molecule is CC(=O)/C=C(/C)O.Cc1ccc2nc(-c3[c-]ccc4ccccc34)cc(C)c2c1.[Ir]. The summed E-state index contributed by atoms with van der Waals surface area (Å²) < 4.78 is 0. The molecule has 4 aromatic rings. The van der Waals surface area contributed by atoms with Gasteiger partial charge in [-0.15, -0.1) is 29.1 Å². The molecular weight excluding hydrogens is 551 g/mol. The van der Waals surface area contributed by atoms with Crippen LogP contribution in [0.5, 0.6) is 0 Å². The van der Waals surface area contributed by atoms with E-state index in [1.54, 1.807) is 0 Å². The number of aliphatic hydroxyl groups is 1. The van der Waals surface area contributed by atoms with Crippen molar-refractivity contribution in [2.24, 2.45) is 0 Å². The number of nitrogens with zero attached hydrogens (tertiary/aromatic N) is 1. The van der Waals surface area contributed by atoms with Gasteiger partial charge >= 0.3 is 0 Å². The molecule has 0 bridgehead atoms. The average Bonchev–Trinajstić information content (AvgIpc) is 2.67. The normalized spacial score (nSPS) is 10.9. The van der Waals surface area contributed by atoms with Crippen molar-refractivity contribution in [3.8, 4) is 11.3 Å². The van der Waals surface area contributed by atoms with Crippen molar-refractivity contribution in [2.75, 3.05) is 0 Å². The van der Waals surface area contributed by atoms with Crippen LogP contribution in [0.4, 0.5) is 0 Å². The summed E-state index contributed by atoms with van der Waals surface area (Å²) in [6, 6.07) is 24.4. The molecule has 0 aliphatic heterocycles. The van der Waals surface area contributed by atoms with Gasteiger partial charge in [-0.1, -0.05) is 47.3 Å². The molecule has 0 fully saturated rings. The molecule has 30 heavy (non-hydrogen) atoms. The number of ketones is 1. The van der Waals surface area contributed by atoms with Gasteiger partial charge in [-0.2, -0.15) is 0 Å². The van der Waals surface area contributed by atoms with E-state index in [0.29, 0.717) is 0 Å². The standard InChI is InChI=1S/C21H16N.C5H8O2.Ir/c1-14-10-11-20-19(12-14)15(2)13-21(22-20)18-9-5-7-16-6-3-4-8-17(16)18;1-4(6)3-5(2)7;/h3-8,10-13H,1-2H3;3,6H,1-2H3;/q-1;;/b;4-3-;. The summed E-state index contributed by atoms with van der Waals surface area (Å²) in [6.45, 7) is 7.12. The number of carbonyl (C=O) groups is 1. The Morgan fingerprint density at radius 1 is 1.00 bits per heavy atom. The molecule has 1 aromatic heterocycles. The van der Waals surface area contributed by atoms with Crippen molar-refractivity contribution in [3.05, 3.63) is 89.7 Å². The Morgan fingerprint density at radius 3 is 2.40 bits per heavy atom. The number of aryl methyl sites for hydroxylation is 2. The van der Waals surface area contributed by atoms with Crippen LogP contribution in [0.2, 0.25) is 0 Å². The average molecular weight is 575 g/mol. The summed E-state index contributed by atoms with van der Waals surface area (Å²) in [7, 11) is 0. The fourth-order valence-electron chi connectivity index (χ4n) is 3.30. The van der Waals surface area contributed by atoms with Gasteiger partial charge in [0.05, 0.1) is 11.3 Å². The molecule has 0 spiro atoms. The maximum Gasteiger partial charge on any atom is 0.155 e. The number of rotatable bonds is 2. The molecule has 3 nitrogen and oxygen atoms in total. The monoisotopic (exact) mass is 575 g/mol. The van der Waals surface area contributed by atoms with E-state index >= 15 is 0 Å². The van der Waals surface area contributed by atoms with Crippen molar-refractivity contribution < 1.29 is 30.0 Å². The van der Waals surface area contributed by atoms with Crippen molar-refractivity contribution in [1.29, 1.82) is 0 Å². The summed E-state index contributed by atoms with van der Waals surface area (Å²) in [5, 5.41) is 12.0. The second kappa shape index (κ2) is 10.3. The maximum absolute atomic E-state index is 10.0. The molecular formula is C26H24IrNO2-. The van der Waals surface area contributed by atoms with Crippen LogP contribution in [0.1, 0.15) is 25.0 Å². The number of pyridine rings is 1. The van der Waals surface area contributed by atoms with Crippen LogP contribution in [-0.4, -0.2) is 15.9 Å². The van der Waals surface area contributed by atoms with Crippen LogP contribution in [0.15, 0.2) is 72.5 Å². The van der Waals surface area contributed by atoms with Crippen LogP contribution in [0, 0.1) is 19.9 Å². The molecule has 1 heterocycles. The van der Waals surface area contributed by atoms with Gasteiger partial charge in [0.1, 0.15) is 0 Å². The Balaban J connectivity index is 0.000000350. The van der Waals surface area contributed by atoms with Gasteiger partial charge in [0, 0.05) is 31.6 Å². The zero-order valence-corrected chi connectivity index (χ0v) is 19.9. The summed E-state index contributed by atoms with van der Waals surface area (Å²) in [6.07, 6.45) is 1.17. The van der Waals surface area contributed by atoms with Crippen LogP contribution in [0.25, 0.3) is 32.9 Å². The first-order valence-corrected chi connectivity index (χ1v) is 9.51. The van der Waals surface area contributed by atoms with Gasteiger partial charge in [-0.25, -0.2) is 0 Å². The minimum absolute atomic E-state index is 0. The van der Waals surface area contributed by atoms with E-state index in [9.17, 15) is 4.79 Å². The fraction of sp³-hybridized carbons (Fsp3) is 0.154. The van der Waals surface area contributed by atoms with E-state index in [1.165, 1.54) is 47.2 Å². The zero-order chi connectivity index (χ0) is 21.0. The third-order valence-corrected chi connectivity index (χ3v) is 4.56. The van der Waals surface area contributed by atoms with Crippen molar-refractivity contribution in [2.45, 2.75) is 27.7 Å². The van der Waals surface area contributed by atoms with E-state index in [0.717, 1.165) is 16.8 Å². The molecule has 4 heteroatoms. The van der Waals surface area contributed by atoms with Crippen molar-refractivity contribution >= 4 is 27.5 Å². The Kier molecular flexibility index (Phi) is 8.05. The molecule has 4 rings (SSSR count). The first-order chi connectivity index (χ1) is 13.8. The smallest absolute Gasteiger partial charge is 0.155 e. The summed E-state index contributed by atoms with van der Waals surface area (Å²) in [5.74, 6) is -0.0625. The minimum atomic E-state index is -0.125. The molecule has 1 radical (unpaired) electrons. The van der Waals surface area contributed by atoms with Crippen LogP contribution in [-0.2, 0) is 24.9 Å². The first kappa shape index (κ1) is 23.5. The number of aromatic nitrogens is 1. The Morgan fingerprint density at radius 2 is 1.73 bits per heavy atom. The topological polar surface area (TPSA) is 50.2 Å². The number of carbonyl (C=O) groups excluding carboxylic acids is 1. The number of hydrogen-bond acceptors (Lipinski definition) is 3. The van der Waals surface area contributed by atoms with Crippen molar-refractivity contribution in [3.63, 3.8) is 0 Å². The van der Waals surface area contributed by atoms with Gasteiger partial charge < -0.3 is 5.11 Å². The predicted molar refractivity (Wildman–Crippen MR) is 120 cm³/mol. The van der Waals surface area contributed by atoms with Gasteiger partial charge in [0.15, 0.2) is 5.78 Å². The Bertz CT molecular complexity index is 1220. The zero-order valence-electron chi connectivity index (χ0n) is 17.5. The Hall–Kier alpha value is -2.81. The number of hydrogen-bond donors (Lipinski definition) is 1. The first-order valence-electron chi connectivity index (χ1n) is 9.51. The number of aliphatic hydroxyl groups excluding tert-OH is 1. The van der Waals surface area contributed by atoms with Crippen LogP contribution < -0.4 is 0 Å². The van der Waals surface area contributed by atoms with E-state index in [4.69, 9.17) is 10.1 Å². The van der Waals surface area contributed by atoms with E-state index in [2.05, 4.69) is 74.5 Å². The molecule has 0 atom stereocenters. The fourth-order valence-corrected chi connectivity index (χ4v) is 3.30. The van der Waals surface area contributed by atoms with E-state index in [-0.39, 0.29) is 31.6 Å². The summed E-state index contributed by atoms with van der Waals surface area (Å²) in [4.78, 5) is 14.9. The van der Waals surface area contributed by atoms with Crippen LogP contribution in [0.3, 0.4) is 0 Å². The third-order valence-electron chi connectivity index (χ3n) is 4.56. The van der Waals surface area contributed by atoms with E-state index in [1.807, 2.05) is 6.07 Å². The minimum Gasteiger partial charge on any atom is -0.512 e. The molecule has 1 N–H and O–H groups in total. The third kappa shape index (κ3) is 5.62. The molecule has 0 amide bonds. The second-order valence-electron chi connectivity index (χ2n) is 7.18. The van der Waals surface area contributed by atoms with Gasteiger partial charge in [-0.05, 0) is 51.1 Å². The number of fused-ring (bicyclic) bond motifs is 2. The predicted octanol–water partition coefficient (Wildman–Crippen LogP) is 6.51. The summed E-state index contributed by atoms with van der Waals surface area (Å²) >= 11 is 0. The quantitative estimate of drug-likeness (QED) is 0.169. The van der Waals surface area contributed by atoms with Crippen molar-refractivity contribution in [1.82, 2.24) is 4.98 Å². The molecule has 0 aliphatic carbocycles.